The molecule has 1 rings (SSSR count). The van der Waals surface area contributed by atoms with Crippen LogP contribution in [0.1, 0.15) is 11.8 Å². The van der Waals surface area contributed by atoms with Gasteiger partial charge in [0.25, 0.3) is 0 Å². The largest absolute Gasteiger partial charge is 0.309 e. The van der Waals surface area contributed by atoms with Gasteiger partial charge in [0.2, 0.25) is 0 Å². The SMILES string of the molecule is CSCC(C)NCc1ccc(Br)s1. The Morgan fingerprint density at radius 3 is 2.92 bits per heavy atom. The molecule has 1 nitrogen and oxygen atoms in total. The van der Waals surface area contributed by atoms with Gasteiger partial charge in [0.1, 0.15) is 0 Å². The molecule has 0 aliphatic heterocycles. The number of thiophene rings is 1. The van der Waals surface area contributed by atoms with E-state index in [9.17, 15) is 0 Å². The number of nitrogens with one attached hydrogen (secondary N) is 1. The molecule has 0 bridgehead atoms. The molecule has 0 radical (unpaired) electrons. The van der Waals surface area contributed by atoms with Gasteiger partial charge in [-0.05, 0) is 41.2 Å². The number of thioether (sulfide) groups is 1. The number of hydrogen-bond donors (Lipinski definition) is 1. The Morgan fingerprint density at radius 2 is 2.38 bits per heavy atom. The fraction of sp³-hybridized carbons (Fsp3) is 0.556. The summed E-state index contributed by atoms with van der Waals surface area (Å²) in [4.78, 5) is 1.39. The molecular formula is C9H14BrNS2. The number of hydrogen-bond acceptors (Lipinski definition) is 3. The first-order valence-electron chi connectivity index (χ1n) is 4.19. The minimum absolute atomic E-state index is 0.593. The van der Waals surface area contributed by atoms with Gasteiger partial charge in [-0.15, -0.1) is 11.3 Å². The molecule has 1 N–H and O–H groups in total. The van der Waals surface area contributed by atoms with Gasteiger partial charge in [0.15, 0.2) is 0 Å². The van der Waals surface area contributed by atoms with Crippen LogP contribution in [0.15, 0.2) is 15.9 Å². The summed E-state index contributed by atoms with van der Waals surface area (Å²) in [6.07, 6.45) is 2.14. The second-order valence-corrected chi connectivity index (χ2v) is 6.40. The van der Waals surface area contributed by atoms with Gasteiger partial charge in [-0.1, -0.05) is 0 Å². The molecule has 1 heterocycles. The summed E-state index contributed by atoms with van der Waals surface area (Å²) in [5, 5.41) is 3.48. The minimum atomic E-state index is 0.593. The molecule has 1 aromatic rings. The Labute approximate surface area is 96.4 Å². The lowest BCUT2D eigenvalue weighted by molar-refractivity contribution is 0.601. The van der Waals surface area contributed by atoms with Gasteiger partial charge < -0.3 is 5.32 Å². The van der Waals surface area contributed by atoms with Crippen molar-refractivity contribution in [3.63, 3.8) is 0 Å². The van der Waals surface area contributed by atoms with Gasteiger partial charge in [-0.2, -0.15) is 11.8 Å². The minimum Gasteiger partial charge on any atom is -0.309 e. The van der Waals surface area contributed by atoms with Crippen molar-refractivity contribution in [2.75, 3.05) is 12.0 Å². The first kappa shape index (κ1) is 11.6. The third-order valence-corrected chi connectivity index (χ3v) is 4.13. The van der Waals surface area contributed by atoms with E-state index >= 15 is 0 Å². The lowest BCUT2D eigenvalue weighted by Gasteiger charge is -2.10. The van der Waals surface area contributed by atoms with E-state index in [1.807, 2.05) is 11.8 Å². The third-order valence-electron chi connectivity index (χ3n) is 1.67. The van der Waals surface area contributed by atoms with Crippen LogP contribution in [-0.2, 0) is 6.54 Å². The average Bonchev–Trinajstić information content (AvgIpc) is 2.49. The number of halogens is 1. The first-order chi connectivity index (χ1) is 6.22. The van der Waals surface area contributed by atoms with Gasteiger partial charge in [-0.3, -0.25) is 0 Å². The van der Waals surface area contributed by atoms with Crippen LogP contribution in [0.5, 0.6) is 0 Å². The van der Waals surface area contributed by atoms with E-state index in [0.29, 0.717) is 6.04 Å². The van der Waals surface area contributed by atoms with Crippen LogP contribution in [0.4, 0.5) is 0 Å². The average molecular weight is 280 g/mol. The molecule has 1 atom stereocenters. The van der Waals surface area contributed by atoms with Crippen LogP contribution >= 0.6 is 39.0 Å². The molecule has 0 saturated carbocycles. The highest BCUT2D eigenvalue weighted by Gasteiger charge is 2.01. The smallest absolute Gasteiger partial charge is 0.0701 e. The summed E-state index contributed by atoms with van der Waals surface area (Å²) < 4.78 is 1.21. The van der Waals surface area contributed by atoms with Gasteiger partial charge in [0.05, 0.1) is 3.79 Å². The monoisotopic (exact) mass is 279 g/mol. The molecule has 0 fully saturated rings. The van der Waals surface area contributed by atoms with Crippen molar-refractivity contribution in [2.24, 2.45) is 0 Å². The third kappa shape index (κ3) is 4.49. The molecule has 74 valence electrons. The molecule has 13 heavy (non-hydrogen) atoms. The number of rotatable bonds is 5. The zero-order chi connectivity index (χ0) is 9.68. The van der Waals surface area contributed by atoms with Crippen LogP contribution in [0, 0.1) is 0 Å². The molecular weight excluding hydrogens is 266 g/mol. The van der Waals surface area contributed by atoms with E-state index in [2.05, 4.69) is 46.6 Å². The summed E-state index contributed by atoms with van der Waals surface area (Å²) in [5.74, 6) is 1.17. The van der Waals surface area contributed by atoms with Gasteiger partial charge in [0, 0.05) is 23.2 Å². The fourth-order valence-corrected chi connectivity index (χ4v) is 3.08. The Hall–Kier alpha value is 0.490. The van der Waals surface area contributed by atoms with Crippen molar-refractivity contribution in [1.82, 2.24) is 5.32 Å². The van der Waals surface area contributed by atoms with Crippen molar-refractivity contribution in [1.29, 1.82) is 0 Å². The normalized spacial score (nSPS) is 13.2. The zero-order valence-electron chi connectivity index (χ0n) is 7.84. The van der Waals surface area contributed by atoms with Crippen LogP contribution < -0.4 is 5.32 Å². The maximum absolute atomic E-state index is 3.48. The van der Waals surface area contributed by atoms with Crippen LogP contribution in [0.3, 0.4) is 0 Å². The highest BCUT2D eigenvalue weighted by molar-refractivity contribution is 9.11. The molecule has 0 aliphatic rings. The Bertz CT molecular complexity index is 250. The van der Waals surface area contributed by atoms with Crippen molar-refractivity contribution in [3.8, 4) is 0 Å². The summed E-state index contributed by atoms with van der Waals surface area (Å²) in [7, 11) is 0. The Morgan fingerprint density at radius 1 is 1.62 bits per heavy atom. The van der Waals surface area contributed by atoms with E-state index in [4.69, 9.17) is 0 Å². The van der Waals surface area contributed by atoms with Crippen LogP contribution in [-0.4, -0.2) is 18.1 Å². The Balaban J connectivity index is 2.26. The quantitative estimate of drug-likeness (QED) is 0.887. The molecule has 1 aromatic heterocycles. The van der Waals surface area contributed by atoms with E-state index < -0.39 is 0 Å². The molecule has 0 spiro atoms. The first-order valence-corrected chi connectivity index (χ1v) is 7.19. The van der Waals surface area contributed by atoms with Crippen LogP contribution in [0.25, 0.3) is 0 Å². The summed E-state index contributed by atoms with van der Waals surface area (Å²) in [5.41, 5.74) is 0. The molecule has 0 amide bonds. The summed E-state index contributed by atoms with van der Waals surface area (Å²) in [6.45, 7) is 3.21. The molecule has 1 unspecified atom stereocenters. The van der Waals surface area contributed by atoms with E-state index in [1.54, 1.807) is 11.3 Å². The van der Waals surface area contributed by atoms with E-state index in [0.717, 1.165) is 6.54 Å². The van der Waals surface area contributed by atoms with Crippen molar-refractivity contribution < 1.29 is 0 Å². The highest BCUT2D eigenvalue weighted by atomic mass is 79.9. The second kappa shape index (κ2) is 6.06. The molecule has 0 aliphatic carbocycles. The van der Waals surface area contributed by atoms with Crippen molar-refractivity contribution >= 4 is 39.0 Å². The second-order valence-electron chi connectivity index (χ2n) is 2.94. The predicted octanol–water partition coefficient (Wildman–Crippen LogP) is 3.35. The lowest BCUT2D eigenvalue weighted by atomic mass is 10.3. The molecule has 0 saturated heterocycles. The zero-order valence-corrected chi connectivity index (χ0v) is 11.1. The lowest BCUT2D eigenvalue weighted by Crippen LogP contribution is -2.27. The van der Waals surface area contributed by atoms with Crippen molar-refractivity contribution in [3.05, 3.63) is 20.8 Å². The van der Waals surface area contributed by atoms with Crippen LogP contribution in [0.2, 0.25) is 0 Å². The summed E-state index contributed by atoms with van der Waals surface area (Å²) >= 11 is 7.13. The summed E-state index contributed by atoms with van der Waals surface area (Å²) in [6, 6.07) is 4.85. The van der Waals surface area contributed by atoms with E-state index in [-0.39, 0.29) is 0 Å². The van der Waals surface area contributed by atoms with Gasteiger partial charge >= 0.3 is 0 Å². The Kier molecular flexibility index (Phi) is 5.39. The topological polar surface area (TPSA) is 12.0 Å². The standard InChI is InChI=1S/C9H14BrNS2/c1-7(6-12-2)11-5-8-3-4-9(10)13-8/h3-4,7,11H,5-6H2,1-2H3. The fourth-order valence-electron chi connectivity index (χ4n) is 1.03. The maximum atomic E-state index is 3.48. The molecule has 4 heteroatoms. The predicted molar refractivity (Wildman–Crippen MR) is 66.7 cm³/mol. The maximum Gasteiger partial charge on any atom is 0.0701 e. The molecule has 0 aromatic carbocycles. The highest BCUT2D eigenvalue weighted by Crippen LogP contribution is 2.21. The van der Waals surface area contributed by atoms with E-state index in [1.165, 1.54) is 14.4 Å². The van der Waals surface area contributed by atoms with Crippen molar-refractivity contribution in [2.45, 2.75) is 19.5 Å². The van der Waals surface area contributed by atoms with Gasteiger partial charge in [-0.25, -0.2) is 0 Å².